The molecule has 1 aliphatic rings. The summed E-state index contributed by atoms with van der Waals surface area (Å²) in [5, 5.41) is 3.03. The third-order valence-corrected chi connectivity index (χ3v) is 4.99. The summed E-state index contributed by atoms with van der Waals surface area (Å²) in [6.45, 7) is 0.504. The summed E-state index contributed by atoms with van der Waals surface area (Å²) in [7, 11) is 0. The molecular weight excluding hydrogens is 324 g/mol. The van der Waals surface area contributed by atoms with Gasteiger partial charge in [0.1, 0.15) is 12.1 Å². The lowest BCUT2D eigenvalue weighted by Gasteiger charge is -2.25. The predicted molar refractivity (Wildman–Crippen MR) is 99.9 cm³/mol. The molecule has 1 aromatic carbocycles. The third kappa shape index (κ3) is 3.67. The monoisotopic (exact) mass is 346 g/mol. The van der Waals surface area contributed by atoms with Crippen LogP contribution in [0, 0.1) is 0 Å². The number of imidazole rings is 1. The van der Waals surface area contributed by atoms with E-state index in [1.165, 1.54) is 11.1 Å². The van der Waals surface area contributed by atoms with Crippen LogP contribution in [0.5, 0.6) is 0 Å². The van der Waals surface area contributed by atoms with Crippen LogP contribution in [-0.4, -0.2) is 20.4 Å². The van der Waals surface area contributed by atoms with E-state index in [-0.39, 0.29) is 5.91 Å². The summed E-state index contributed by atoms with van der Waals surface area (Å²) in [5.74, 6) is 1.25. The summed E-state index contributed by atoms with van der Waals surface area (Å²) in [6.07, 6.45) is 11.0. The Balaban J connectivity index is 1.33. The largest absolute Gasteiger partial charge is 0.352 e. The molecule has 0 saturated heterocycles. The SMILES string of the molecule is O=C(C[C@@H]1CCCc2ccccc21)NCc1ccc(-n2ccnc2)nc1. The summed E-state index contributed by atoms with van der Waals surface area (Å²) in [4.78, 5) is 20.8. The van der Waals surface area contributed by atoms with Gasteiger partial charge in [-0.2, -0.15) is 0 Å². The van der Waals surface area contributed by atoms with Gasteiger partial charge in [-0.3, -0.25) is 9.36 Å². The Morgan fingerprint density at radius 3 is 2.96 bits per heavy atom. The lowest BCUT2D eigenvalue weighted by Crippen LogP contribution is -2.25. The molecule has 5 nitrogen and oxygen atoms in total. The highest BCUT2D eigenvalue weighted by atomic mass is 16.1. The molecule has 0 saturated carbocycles. The second kappa shape index (κ2) is 7.52. The first kappa shape index (κ1) is 16.5. The highest BCUT2D eigenvalue weighted by molar-refractivity contribution is 5.77. The number of fused-ring (bicyclic) bond motifs is 1. The number of carbonyl (C=O) groups excluding carboxylic acids is 1. The standard InChI is InChI=1S/C21H22N4O/c26-21(12-18-6-3-5-17-4-1-2-7-19(17)18)24-14-16-8-9-20(23-13-16)25-11-10-22-15-25/h1-2,4,7-11,13,15,18H,3,5-6,12,14H2,(H,24,26)/t18-/m0/s1. The zero-order valence-corrected chi connectivity index (χ0v) is 14.6. The van der Waals surface area contributed by atoms with E-state index < -0.39 is 0 Å². The van der Waals surface area contributed by atoms with Gasteiger partial charge in [-0.25, -0.2) is 9.97 Å². The number of amides is 1. The number of hydrogen-bond acceptors (Lipinski definition) is 3. The van der Waals surface area contributed by atoms with E-state index in [0.717, 1.165) is 30.6 Å². The molecule has 0 spiro atoms. The maximum atomic E-state index is 12.4. The zero-order chi connectivity index (χ0) is 17.8. The van der Waals surface area contributed by atoms with Crippen LogP contribution in [0.3, 0.4) is 0 Å². The van der Waals surface area contributed by atoms with E-state index in [1.807, 2.05) is 22.9 Å². The number of nitrogens with one attached hydrogen (secondary N) is 1. The molecule has 0 aliphatic heterocycles. The zero-order valence-electron chi connectivity index (χ0n) is 14.6. The molecular formula is C21H22N4O. The molecule has 1 amide bonds. The van der Waals surface area contributed by atoms with Crippen LogP contribution in [0.4, 0.5) is 0 Å². The molecule has 1 N–H and O–H groups in total. The summed E-state index contributed by atoms with van der Waals surface area (Å²) in [6, 6.07) is 12.4. The second-order valence-electron chi connectivity index (χ2n) is 6.76. The Bertz CT molecular complexity index is 871. The van der Waals surface area contributed by atoms with Gasteiger partial charge in [0, 0.05) is 31.6 Å². The van der Waals surface area contributed by atoms with Crippen LogP contribution >= 0.6 is 0 Å². The van der Waals surface area contributed by atoms with Crippen LogP contribution < -0.4 is 5.32 Å². The first-order valence-corrected chi connectivity index (χ1v) is 9.07. The highest BCUT2D eigenvalue weighted by Gasteiger charge is 2.22. The van der Waals surface area contributed by atoms with Crippen molar-refractivity contribution in [3.63, 3.8) is 0 Å². The second-order valence-corrected chi connectivity index (χ2v) is 6.76. The van der Waals surface area contributed by atoms with Gasteiger partial charge in [0.05, 0.1) is 0 Å². The Labute approximate surface area is 153 Å². The minimum atomic E-state index is 0.102. The molecule has 1 aliphatic carbocycles. The fourth-order valence-corrected chi connectivity index (χ4v) is 3.63. The van der Waals surface area contributed by atoms with Crippen LogP contribution in [0.2, 0.25) is 0 Å². The van der Waals surface area contributed by atoms with E-state index in [0.29, 0.717) is 18.9 Å². The van der Waals surface area contributed by atoms with Crippen molar-refractivity contribution >= 4 is 5.91 Å². The van der Waals surface area contributed by atoms with Crippen molar-refractivity contribution in [1.82, 2.24) is 19.9 Å². The molecule has 1 atom stereocenters. The number of hydrogen-bond donors (Lipinski definition) is 1. The maximum Gasteiger partial charge on any atom is 0.220 e. The molecule has 0 radical (unpaired) electrons. The minimum Gasteiger partial charge on any atom is -0.352 e. The molecule has 0 bridgehead atoms. The van der Waals surface area contributed by atoms with Gasteiger partial charge in [-0.15, -0.1) is 0 Å². The number of rotatable bonds is 5. The minimum absolute atomic E-state index is 0.102. The van der Waals surface area contributed by atoms with Gasteiger partial charge in [0.25, 0.3) is 0 Å². The van der Waals surface area contributed by atoms with E-state index in [9.17, 15) is 4.79 Å². The fraction of sp³-hybridized carbons (Fsp3) is 0.286. The number of nitrogens with zero attached hydrogens (tertiary/aromatic N) is 3. The average molecular weight is 346 g/mol. The lowest BCUT2D eigenvalue weighted by molar-refractivity contribution is -0.121. The Morgan fingerprint density at radius 1 is 1.23 bits per heavy atom. The van der Waals surface area contributed by atoms with Gasteiger partial charge in [-0.1, -0.05) is 30.3 Å². The van der Waals surface area contributed by atoms with Gasteiger partial charge in [0.15, 0.2) is 0 Å². The van der Waals surface area contributed by atoms with Gasteiger partial charge < -0.3 is 5.32 Å². The number of carbonyl (C=O) groups is 1. The van der Waals surface area contributed by atoms with Crippen molar-refractivity contribution < 1.29 is 4.79 Å². The normalized spacial score (nSPS) is 16.1. The lowest BCUT2D eigenvalue weighted by atomic mass is 9.81. The summed E-state index contributed by atoms with van der Waals surface area (Å²) >= 11 is 0. The smallest absolute Gasteiger partial charge is 0.220 e. The Kier molecular flexibility index (Phi) is 4.78. The molecule has 2 heterocycles. The van der Waals surface area contributed by atoms with Crippen molar-refractivity contribution in [2.45, 2.75) is 38.1 Å². The van der Waals surface area contributed by atoms with Gasteiger partial charge >= 0.3 is 0 Å². The van der Waals surface area contributed by atoms with E-state index >= 15 is 0 Å². The number of aryl methyl sites for hydroxylation is 1. The molecule has 2 aromatic heterocycles. The Hall–Kier alpha value is -2.95. The molecule has 3 aromatic rings. The molecule has 26 heavy (non-hydrogen) atoms. The highest BCUT2D eigenvalue weighted by Crippen LogP contribution is 2.33. The van der Waals surface area contributed by atoms with Crippen molar-refractivity contribution in [3.8, 4) is 5.82 Å². The van der Waals surface area contributed by atoms with Crippen molar-refractivity contribution in [3.05, 3.63) is 78.0 Å². The van der Waals surface area contributed by atoms with Crippen LogP contribution in [-0.2, 0) is 17.8 Å². The predicted octanol–water partition coefficient (Wildman–Crippen LogP) is 3.39. The van der Waals surface area contributed by atoms with E-state index in [2.05, 4.69) is 39.6 Å². The first-order valence-electron chi connectivity index (χ1n) is 9.07. The molecule has 5 heteroatoms. The van der Waals surface area contributed by atoms with E-state index in [4.69, 9.17) is 0 Å². The molecule has 0 fully saturated rings. The van der Waals surface area contributed by atoms with Crippen LogP contribution in [0.15, 0.2) is 61.3 Å². The number of pyridine rings is 1. The maximum absolute atomic E-state index is 12.4. The van der Waals surface area contributed by atoms with Crippen molar-refractivity contribution in [2.75, 3.05) is 0 Å². The molecule has 132 valence electrons. The first-order chi connectivity index (χ1) is 12.8. The summed E-state index contributed by atoms with van der Waals surface area (Å²) < 4.78 is 1.85. The Morgan fingerprint density at radius 2 is 2.15 bits per heavy atom. The number of aromatic nitrogens is 3. The fourth-order valence-electron chi connectivity index (χ4n) is 3.63. The molecule has 0 unspecified atom stereocenters. The third-order valence-electron chi connectivity index (χ3n) is 4.99. The number of benzene rings is 1. The van der Waals surface area contributed by atoms with Crippen molar-refractivity contribution in [1.29, 1.82) is 0 Å². The van der Waals surface area contributed by atoms with Crippen molar-refractivity contribution in [2.24, 2.45) is 0 Å². The average Bonchev–Trinajstić information content (AvgIpc) is 3.22. The van der Waals surface area contributed by atoms with Gasteiger partial charge in [-0.05, 0) is 47.9 Å². The van der Waals surface area contributed by atoms with E-state index in [1.54, 1.807) is 18.7 Å². The topological polar surface area (TPSA) is 59.8 Å². The summed E-state index contributed by atoms with van der Waals surface area (Å²) in [5.41, 5.74) is 3.74. The van der Waals surface area contributed by atoms with Crippen LogP contribution in [0.25, 0.3) is 5.82 Å². The van der Waals surface area contributed by atoms with Gasteiger partial charge in [0.2, 0.25) is 5.91 Å². The quantitative estimate of drug-likeness (QED) is 0.770. The van der Waals surface area contributed by atoms with Crippen LogP contribution in [0.1, 0.15) is 41.9 Å². The molecule has 4 rings (SSSR count).